The summed E-state index contributed by atoms with van der Waals surface area (Å²) in [4.78, 5) is 17.2. The van der Waals surface area contributed by atoms with Gasteiger partial charge in [0.2, 0.25) is 0 Å². The van der Waals surface area contributed by atoms with E-state index in [1.807, 2.05) is 0 Å². The SMILES string of the molecule is CCc1c(F)ccc2cc(O)cc(-c3ncc4c(N5CC[C@H](F)[C@H](O)C5)nc(OC[C@@]56CCCN5C[C@H](F)C6)nc4c3F)c12. The maximum absolute atomic E-state index is 16.7. The van der Waals surface area contributed by atoms with Crippen molar-refractivity contribution in [2.24, 2.45) is 0 Å². The molecule has 0 amide bonds. The molecule has 3 saturated heterocycles. The number of aryl methyl sites for hydroxylation is 1. The van der Waals surface area contributed by atoms with Crippen molar-refractivity contribution in [3.63, 3.8) is 0 Å². The number of benzene rings is 2. The highest BCUT2D eigenvalue weighted by molar-refractivity contribution is 6.01. The van der Waals surface area contributed by atoms with Crippen molar-refractivity contribution in [1.82, 2.24) is 19.9 Å². The van der Waals surface area contributed by atoms with Crippen LogP contribution in [0.2, 0.25) is 0 Å². The molecule has 3 aliphatic heterocycles. The lowest BCUT2D eigenvalue weighted by molar-refractivity contribution is 0.0642. The molecule has 2 N–H and O–H groups in total. The van der Waals surface area contributed by atoms with E-state index in [-0.39, 0.29) is 65.9 Å². The predicted octanol–water partition coefficient (Wildman–Crippen LogP) is 5.26. The number of β-amino-alcohol motifs (C(OH)–C–C–N with tert-alkyl or cyclic N) is 1. The lowest BCUT2D eigenvalue weighted by atomic mass is 9.94. The summed E-state index contributed by atoms with van der Waals surface area (Å²) in [6.45, 7) is 3.15. The van der Waals surface area contributed by atoms with Gasteiger partial charge in [-0.3, -0.25) is 9.88 Å². The van der Waals surface area contributed by atoms with Gasteiger partial charge in [-0.2, -0.15) is 9.97 Å². The number of aromatic hydroxyl groups is 1. The van der Waals surface area contributed by atoms with E-state index in [0.29, 0.717) is 35.7 Å². The summed E-state index contributed by atoms with van der Waals surface area (Å²) in [5.41, 5.74) is -0.212. The maximum atomic E-state index is 16.7. The van der Waals surface area contributed by atoms with Gasteiger partial charge in [-0.1, -0.05) is 13.0 Å². The van der Waals surface area contributed by atoms with Crippen molar-refractivity contribution in [2.45, 2.75) is 63.0 Å². The Hall–Kier alpha value is -3.77. The minimum atomic E-state index is -1.40. The highest BCUT2D eigenvalue weighted by Gasteiger charge is 2.49. The van der Waals surface area contributed by atoms with Crippen LogP contribution in [0.15, 0.2) is 30.5 Å². The first-order valence-electron chi connectivity index (χ1n) is 15.1. The summed E-state index contributed by atoms with van der Waals surface area (Å²) in [5.74, 6) is -1.20. The van der Waals surface area contributed by atoms with Crippen LogP contribution < -0.4 is 9.64 Å². The number of phenols is 1. The molecule has 12 heteroatoms. The van der Waals surface area contributed by atoms with Crippen LogP contribution in [0.4, 0.5) is 23.4 Å². The smallest absolute Gasteiger partial charge is 0.319 e. The van der Waals surface area contributed by atoms with Crippen LogP contribution in [0.3, 0.4) is 0 Å². The van der Waals surface area contributed by atoms with E-state index in [9.17, 15) is 23.4 Å². The number of ether oxygens (including phenoxy) is 1. The quantitative estimate of drug-likeness (QED) is 0.286. The van der Waals surface area contributed by atoms with Crippen molar-refractivity contribution in [1.29, 1.82) is 0 Å². The summed E-state index contributed by atoms with van der Waals surface area (Å²) in [6.07, 6.45) is 0.145. The van der Waals surface area contributed by atoms with E-state index in [4.69, 9.17) is 4.74 Å². The van der Waals surface area contributed by atoms with Crippen molar-refractivity contribution in [3.8, 4) is 23.0 Å². The van der Waals surface area contributed by atoms with Crippen molar-refractivity contribution < 1.29 is 32.5 Å². The summed E-state index contributed by atoms with van der Waals surface area (Å²) in [7, 11) is 0. The molecule has 0 spiro atoms. The topological polar surface area (TPSA) is 94.8 Å². The molecular weight excluding hydrogens is 578 g/mol. The van der Waals surface area contributed by atoms with Gasteiger partial charge in [0, 0.05) is 37.8 Å². The maximum Gasteiger partial charge on any atom is 0.319 e. The Kier molecular flexibility index (Phi) is 7.24. The number of aromatic nitrogens is 3. The number of halogens is 4. The van der Waals surface area contributed by atoms with Crippen molar-refractivity contribution in [3.05, 3.63) is 47.7 Å². The number of hydrogen-bond acceptors (Lipinski definition) is 8. The van der Waals surface area contributed by atoms with Crippen LogP contribution in [0.1, 0.15) is 38.2 Å². The second-order valence-corrected chi connectivity index (χ2v) is 12.2. The van der Waals surface area contributed by atoms with E-state index in [1.165, 1.54) is 30.5 Å². The third kappa shape index (κ3) is 4.79. The minimum absolute atomic E-state index is 0.0491. The molecule has 0 saturated carbocycles. The van der Waals surface area contributed by atoms with Gasteiger partial charge in [-0.25, -0.2) is 17.6 Å². The largest absolute Gasteiger partial charge is 0.508 e. The molecule has 5 heterocycles. The molecule has 7 rings (SSSR count). The Morgan fingerprint density at radius 2 is 1.95 bits per heavy atom. The third-order valence-electron chi connectivity index (χ3n) is 9.44. The molecule has 8 nitrogen and oxygen atoms in total. The number of aliphatic hydroxyl groups excluding tert-OH is 1. The zero-order chi connectivity index (χ0) is 30.7. The lowest BCUT2D eigenvalue weighted by Gasteiger charge is -2.34. The zero-order valence-corrected chi connectivity index (χ0v) is 24.2. The van der Waals surface area contributed by atoms with Gasteiger partial charge in [-0.15, -0.1) is 0 Å². The fourth-order valence-corrected chi connectivity index (χ4v) is 7.29. The molecule has 0 bridgehead atoms. The molecular formula is C32H33F4N5O3. The molecule has 2 aromatic heterocycles. The van der Waals surface area contributed by atoms with E-state index in [2.05, 4.69) is 19.9 Å². The monoisotopic (exact) mass is 611 g/mol. The summed E-state index contributed by atoms with van der Waals surface area (Å²) in [5, 5.41) is 22.0. The molecule has 3 fully saturated rings. The molecule has 232 valence electrons. The number of aliphatic hydroxyl groups is 1. The van der Waals surface area contributed by atoms with Gasteiger partial charge in [0.1, 0.15) is 53.6 Å². The Bertz CT molecular complexity index is 1760. The standard InChI is InChI=1S/C32H33F4N5O3/c1-2-20-23(34)5-4-17-10-19(42)11-21(26(17)20)28-27(36)29-22(13-37-28)30(40-9-6-24(35)25(43)15-40)39-31(38-29)44-16-32-7-3-8-41(32)14-18(33)12-32/h4-5,10-11,13,18,24-25,42-43H,2-3,6-9,12,14-16H2,1H3/t18-,24+,25-,32+/m1/s1. The van der Waals surface area contributed by atoms with Gasteiger partial charge in [0.15, 0.2) is 5.82 Å². The summed E-state index contributed by atoms with van der Waals surface area (Å²) in [6, 6.07) is 5.53. The number of fused-ring (bicyclic) bond motifs is 3. The van der Waals surface area contributed by atoms with E-state index < -0.39 is 35.6 Å². The van der Waals surface area contributed by atoms with Gasteiger partial charge < -0.3 is 19.8 Å². The highest BCUT2D eigenvalue weighted by Crippen LogP contribution is 2.42. The Morgan fingerprint density at radius 3 is 2.75 bits per heavy atom. The van der Waals surface area contributed by atoms with Gasteiger partial charge in [0.25, 0.3) is 0 Å². The number of phenolic OH excluding ortho intramolecular Hbond substituents is 1. The Labute approximate surface area is 251 Å². The van der Waals surface area contributed by atoms with Gasteiger partial charge in [0.05, 0.1) is 10.9 Å². The Balaban J connectivity index is 1.37. The molecule has 0 unspecified atom stereocenters. The first kappa shape index (κ1) is 29.0. The van der Waals surface area contributed by atoms with Crippen LogP contribution in [0.25, 0.3) is 32.9 Å². The molecule has 44 heavy (non-hydrogen) atoms. The Morgan fingerprint density at radius 1 is 1.11 bits per heavy atom. The van der Waals surface area contributed by atoms with Crippen molar-refractivity contribution >= 4 is 27.5 Å². The second kappa shape index (κ2) is 11.0. The molecule has 0 aliphatic carbocycles. The number of hydrogen-bond donors (Lipinski definition) is 2. The average Bonchev–Trinajstić information content (AvgIpc) is 3.53. The number of piperidine rings is 1. The van der Waals surface area contributed by atoms with Crippen LogP contribution in [-0.4, -0.2) is 86.8 Å². The van der Waals surface area contributed by atoms with E-state index >= 15 is 4.39 Å². The van der Waals surface area contributed by atoms with Gasteiger partial charge >= 0.3 is 6.01 Å². The second-order valence-electron chi connectivity index (χ2n) is 12.2. The molecule has 3 aliphatic rings. The summed E-state index contributed by atoms with van der Waals surface area (Å²) < 4.78 is 66.2. The number of nitrogens with zero attached hydrogens (tertiary/aromatic N) is 5. The number of alkyl halides is 2. The van der Waals surface area contributed by atoms with E-state index in [0.717, 1.165) is 19.4 Å². The first-order valence-corrected chi connectivity index (χ1v) is 15.1. The lowest BCUT2D eigenvalue weighted by Crippen LogP contribution is -2.45. The van der Waals surface area contributed by atoms with Crippen molar-refractivity contribution in [2.75, 3.05) is 37.7 Å². The number of rotatable bonds is 6. The summed E-state index contributed by atoms with van der Waals surface area (Å²) >= 11 is 0. The predicted molar refractivity (Wildman–Crippen MR) is 158 cm³/mol. The zero-order valence-electron chi connectivity index (χ0n) is 24.2. The normalized spacial score (nSPS) is 25.7. The molecule has 4 atom stereocenters. The molecule has 2 aromatic carbocycles. The van der Waals surface area contributed by atoms with Gasteiger partial charge in [-0.05, 0) is 66.8 Å². The fourth-order valence-electron chi connectivity index (χ4n) is 7.29. The third-order valence-corrected chi connectivity index (χ3v) is 9.44. The first-order chi connectivity index (χ1) is 21.2. The number of anilines is 1. The van der Waals surface area contributed by atoms with E-state index in [1.54, 1.807) is 11.8 Å². The molecule has 4 aromatic rings. The van der Waals surface area contributed by atoms with Crippen LogP contribution in [-0.2, 0) is 6.42 Å². The minimum Gasteiger partial charge on any atom is -0.508 e. The fraction of sp³-hybridized carbons (Fsp3) is 0.469. The highest BCUT2D eigenvalue weighted by atomic mass is 19.1. The van der Waals surface area contributed by atoms with Crippen LogP contribution in [0, 0.1) is 11.6 Å². The number of pyridine rings is 1. The molecule has 0 radical (unpaired) electrons. The van der Waals surface area contributed by atoms with Crippen LogP contribution in [0.5, 0.6) is 11.8 Å². The van der Waals surface area contributed by atoms with Crippen LogP contribution >= 0.6 is 0 Å². The average molecular weight is 612 g/mol.